The van der Waals surface area contributed by atoms with E-state index in [0.717, 1.165) is 60.0 Å². The van der Waals surface area contributed by atoms with Crippen LogP contribution in [0.2, 0.25) is 0 Å². The summed E-state index contributed by atoms with van der Waals surface area (Å²) in [5.41, 5.74) is 5.15. The van der Waals surface area contributed by atoms with Gasteiger partial charge in [-0.15, -0.1) is 0 Å². The van der Waals surface area contributed by atoms with E-state index in [9.17, 15) is 9.59 Å². The average molecular weight is 671 g/mol. The minimum absolute atomic E-state index is 0.0619. The van der Waals surface area contributed by atoms with Crippen LogP contribution >= 0.6 is 0 Å². The van der Waals surface area contributed by atoms with E-state index in [0.29, 0.717) is 30.3 Å². The molecule has 3 fully saturated rings. The number of halogens is 1. The molecule has 0 bridgehead atoms. The van der Waals surface area contributed by atoms with Gasteiger partial charge >= 0.3 is 0 Å². The molecule has 2 aromatic heterocycles. The lowest BCUT2D eigenvalue weighted by Crippen LogP contribution is -2.54. The monoisotopic (exact) mass is 670 g/mol. The van der Waals surface area contributed by atoms with E-state index >= 15 is 4.39 Å². The second-order valence-electron chi connectivity index (χ2n) is 14.3. The summed E-state index contributed by atoms with van der Waals surface area (Å²) in [4.78, 5) is 35.4. The van der Waals surface area contributed by atoms with Gasteiger partial charge in [0.15, 0.2) is 0 Å². The van der Waals surface area contributed by atoms with Crippen LogP contribution in [-0.2, 0) is 11.3 Å². The summed E-state index contributed by atoms with van der Waals surface area (Å²) in [6.45, 7) is 2.33. The fourth-order valence-corrected chi connectivity index (χ4v) is 8.72. The van der Waals surface area contributed by atoms with E-state index < -0.39 is 17.8 Å². The molecule has 1 saturated heterocycles. The zero-order chi connectivity index (χ0) is 34.2. The van der Waals surface area contributed by atoms with Crippen LogP contribution in [-0.4, -0.2) is 43.6 Å². The third-order valence-corrected chi connectivity index (χ3v) is 11.1. The number of aromatic nitrogens is 3. The van der Waals surface area contributed by atoms with Gasteiger partial charge in [-0.3, -0.25) is 19.3 Å². The molecule has 8 nitrogen and oxygen atoms in total. The van der Waals surface area contributed by atoms with Crippen molar-refractivity contribution in [2.24, 2.45) is 11.8 Å². The van der Waals surface area contributed by atoms with E-state index in [4.69, 9.17) is 0 Å². The van der Waals surface area contributed by atoms with Gasteiger partial charge in [-0.25, -0.2) is 4.39 Å². The number of amides is 2. The van der Waals surface area contributed by atoms with Crippen LogP contribution in [0.5, 0.6) is 0 Å². The minimum Gasteiger partial charge on any atom is -0.382 e. The number of anilines is 2. The highest BCUT2D eigenvalue weighted by Crippen LogP contribution is 2.49. The lowest BCUT2D eigenvalue weighted by atomic mass is 9.76. The smallest absolute Gasteiger partial charge is 0.257 e. The van der Waals surface area contributed by atoms with Gasteiger partial charge in [-0.2, -0.15) is 5.10 Å². The molecule has 4 atom stereocenters. The number of rotatable bonds is 8. The predicted octanol–water partition coefficient (Wildman–Crippen LogP) is 8.29. The van der Waals surface area contributed by atoms with E-state index in [1.165, 1.54) is 18.9 Å². The van der Waals surface area contributed by atoms with Crippen molar-refractivity contribution in [3.05, 3.63) is 119 Å². The standard InChI is InChI=1S/C41H43FN6O2/c1-26-8-6-13-35(42)38(26)41(50)48-37-14-7-9-28(37)23-34(39(48)27-15-17-31(18-16-27)45-30-10-2-3-11-30)40(49)46-32-19-20-36-29(22-32)24-44-47(36)25-33-12-4-5-21-43-33/h4-6,8,12-13,15-22,24,28,30,34,37,39,45H,2-3,7,9-11,14,23,25H2,1H3,(H,46,49)/t28-,34+,37-,39+/m1/s1. The number of hydrogen-bond acceptors (Lipinski definition) is 5. The Morgan fingerprint density at radius 2 is 1.72 bits per heavy atom. The number of fused-ring (bicyclic) bond motifs is 2. The van der Waals surface area contributed by atoms with Gasteiger partial charge in [0, 0.05) is 35.0 Å². The Balaban J connectivity index is 1.12. The molecule has 50 heavy (non-hydrogen) atoms. The first kappa shape index (κ1) is 32.2. The molecule has 8 rings (SSSR count). The lowest BCUT2D eigenvalue weighted by molar-refractivity contribution is -0.125. The number of piperidine rings is 1. The second kappa shape index (κ2) is 13.7. The Labute approximate surface area is 292 Å². The number of benzene rings is 3. The van der Waals surface area contributed by atoms with Crippen molar-refractivity contribution >= 4 is 34.1 Å². The average Bonchev–Trinajstić information content (AvgIpc) is 3.90. The maximum Gasteiger partial charge on any atom is 0.257 e. The molecule has 2 N–H and O–H groups in total. The van der Waals surface area contributed by atoms with Gasteiger partial charge in [0.1, 0.15) is 5.82 Å². The first-order chi connectivity index (χ1) is 24.4. The van der Waals surface area contributed by atoms with Crippen LogP contribution in [0, 0.1) is 24.6 Å². The summed E-state index contributed by atoms with van der Waals surface area (Å²) >= 11 is 0. The Morgan fingerprint density at radius 3 is 2.50 bits per heavy atom. The van der Waals surface area contributed by atoms with Crippen molar-refractivity contribution in [1.29, 1.82) is 0 Å². The SMILES string of the molecule is Cc1cccc(F)c1C(=O)N1[C@@H]2CCC[C@@H]2C[C@H](C(=O)Nc2ccc3c(cnn3Cc3ccccn3)c2)[C@@H]1c1ccc(NC2CCCC2)cc1. The van der Waals surface area contributed by atoms with Crippen LogP contribution in [0.3, 0.4) is 0 Å². The molecule has 256 valence electrons. The molecular weight excluding hydrogens is 627 g/mol. The molecule has 0 radical (unpaired) electrons. The van der Waals surface area contributed by atoms with Gasteiger partial charge < -0.3 is 15.5 Å². The van der Waals surface area contributed by atoms with Crippen LogP contribution in [0.15, 0.2) is 91.3 Å². The zero-order valence-electron chi connectivity index (χ0n) is 28.4. The quantitative estimate of drug-likeness (QED) is 0.173. The van der Waals surface area contributed by atoms with Gasteiger partial charge in [-0.05, 0) is 105 Å². The van der Waals surface area contributed by atoms with Gasteiger partial charge in [-0.1, -0.05) is 49.6 Å². The Hall–Kier alpha value is -5.05. The molecule has 2 saturated carbocycles. The molecule has 3 aromatic carbocycles. The first-order valence-electron chi connectivity index (χ1n) is 18.0. The van der Waals surface area contributed by atoms with E-state index in [1.807, 2.05) is 58.1 Å². The number of carbonyl (C=O) groups is 2. The second-order valence-corrected chi connectivity index (χ2v) is 14.3. The predicted molar refractivity (Wildman–Crippen MR) is 193 cm³/mol. The third-order valence-electron chi connectivity index (χ3n) is 11.1. The highest BCUT2D eigenvalue weighted by Gasteiger charge is 2.50. The summed E-state index contributed by atoms with van der Waals surface area (Å²) in [7, 11) is 0. The molecule has 9 heteroatoms. The molecule has 2 aliphatic carbocycles. The topological polar surface area (TPSA) is 92.2 Å². The van der Waals surface area contributed by atoms with Crippen molar-refractivity contribution < 1.29 is 14.0 Å². The maximum absolute atomic E-state index is 15.4. The summed E-state index contributed by atoms with van der Waals surface area (Å²) in [6.07, 6.45) is 11.8. The molecule has 3 aliphatic rings. The van der Waals surface area contributed by atoms with Crippen LogP contribution < -0.4 is 10.6 Å². The zero-order valence-corrected chi connectivity index (χ0v) is 28.4. The van der Waals surface area contributed by atoms with Crippen LogP contribution in [0.25, 0.3) is 10.9 Å². The number of nitrogens with zero attached hydrogens (tertiary/aromatic N) is 4. The molecule has 0 spiro atoms. The van der Waals surface area contributed by atoms with Crippen molar-refractivity contribution in [3.63, 3.8) is 0 Å². The van der Waals surface area contributed by atoms with Gasteiger partial charge in [0.2, 0.25) is 5.91 Å². The fraction of sp³-hybridized carbons (Fsp3) is 0.366. The van der Waals surface area contributed by atoms with E-state index in [-0.39, 0.29) is 29.3 Å². The number of pyridine rings is 1. The summed E-state index contributed by atoms with van der Waals surface area (Å²) < 4.78 is 17.3. The summed E-state index contributed by atoms with van der Waals surface area (Å²) in [6, 6.07) is 24.5. The van der Waals surface area contributed by atoms with Gasteiger partial charge in [0.25, 0.3) is 5.91 Å². The van der Waals surface area contributed by atoms with E-state index in [2.05, 4.69) is 32.8 Å². The molecule has 3 heterocycles. The number of nitrogens with one attached hydrogen (secondary N) is 2. The number of aryl methyl sites for hydroxylation is 1. The number of likely N-dealkylation sites (tertiary alicyclic amines) is 1. The van der Waals surface area contributed by atoms with Crippen molar-refractivity contribution in [2.45, 2.75) is 83.0 Å². The largest absolute Gasteiger partial charge is 0.382 e. The minimum atomic E-state index is -0.550. The van der Waals surface area contributed by atoms with Crippen molar-refractivity contribution in [1.82, 2.24) is 19.7 Å². The Kier molecular flexibility index (Phi) is 8.81. The fourth-order valence-electron chi connectivity index (χ4n) is 8.72. The molecular formula is C41H43FN6O2. The Bertz CT molecular complexity index is 1980. The molecule has 5 aromatic rings. The number of hydrogen-bond donors (Lipinski definition) is 2. The normalized spacial score (nSPS) is 22.1. The third kappa shape index (κ3) is 6.25. The van der Waals surface area contributed by atoms with Crippen molar-refractivity contribution in [3.8, 4) is 0 Å². The maximum atomic E-state index is 15.4. The van der Waals surface area contributed by atoms with Crippen molar-refractivity contribution in [2.75, 3.05) is 10.6 Å². The first-order valence-corrected chi connectivity index (χ1v) is 18.0. The summed E-state index contributed by atoms with van der Waals surface area (Å²) in [5.74, 6) is -1.37. The Morgan fingerprint density at radius 1 is 0.900 bits per heavy atom. The highest BCUT2D eigenvalue weighted by molar-refractivity contribution is 5.99. The lowest BCUT2D eigenvalue weighted by Gasteiger charge is -2.48. The molecule has 2 amide bonds. The van der Waals surface area contributed by atoms with E-state index in [1.54, 1.807) is 31.5 Å². The van der Waals surface area contributed by atoms with Gasteiger partial charge in [0.05, 0.1) is 41.5 Å². The van der Waals surface area contributed by atoms with Crippen LogP contribution in [0.4, 0.5) is 15.8 Å². The number of carbonyl (C=O) groups excluding carboxylic acids is 2. The summed E-state index contributed by atoms with van der Waals surface area (Å²) in [5, 5.41) is 12.4. The molecule has 1 aliphatic heterocycles. The molecule has 0 unspecified atom stereocenters. The highest BCUT2D eigenvalue weighted by atomic mass is 19.1. The van der Waals surface area contributed by atoms with Crippen LogP contribution in [0.1, 0.15) is 84.6 Å².